The number of carbonyl (C=O) groups is 2. The largest absolute Gasteiger partial charge is 0.350 e. The second-order valence-corrected chi connectivity index (χ2v) is 7.94. The molecule has 5 heteroatoms. The number of benzene rings is 2. The molecule has 144 valence electrons. The fraction of sp³-hybridized carbons (Fsp3) is 0.348. The van der Waals surface area contributed by atoms with Crippen LogP contribution in [0.4, 0.5) is 0 Å². The molecule has 1 atom stereocenters. The van der Waals surface area contributed by atoms with Crippen molar-refractivity contribution in [1.29, 1.82) is 5.26 Å². The molecule has 1 aliphatic rings. The molecular formula is C23H25N3O2. The molecular weight excluding hydrogens is 350 g/mol. The number of rotatable bonds is 6. The highest BCUT2D eigenvalue weighted by Crippen LogP contribution is 2.35. The van der Waals surface area contributed by atoms with Gasteiger partial charge in [-0.2, -0.15) is 5.26 Å². The number of nitrogens with one attached hydrogen (secondary N) is 1. The van der Waals surface area contributed by atoms with Gasteiger partial charge in [0.25, 0.3) is 5.91 Å². The first-order valence-electron chi connectivity index (χ1n) is 9.47. The molecule has 1 aliphatic heterocycles. The predicted octanol–water partition coefficient (Wildman–Crippen LogP) is 3.75. The Bertz CT molecular complexity index is 926. The molecule has 1 N–H and O–H groups in total. The Labute approximate surface area is 166 Å². The van der Waals surface area contributed by atoms with Crippen LogP contribution in [0.15, 0.2) is 48.5 Å². The summed E-state index contributed by atoms with van der Waals surface area (Å²) in [4.78, 5) is 27.5. The third kappa shape index (κ3) is 4.07. The maximum atomic E-state index is 13.0. The predicted molar refractivity (Wildman–Crippen MR) is 107 cm³/mol. The smallest absolute Gasteiger partial charge is 0.255 e. The van der Waals surface area contributed by atoms with E-state index in [2.05, 4.69) is 11.4 Å². The van der Waals surface area contributed by atoms with Crippen molar-refractivity contribution in [2.75, 3.05) is 6.54 Å². The first-order chi connectivity index (χ1) is 13.3. The van der Waals surface area contributed by atoms with Gasteiger partial charge in [-0.1, -0.05) is 48.0 Å². The maximum absolute atomic E-state index is 13.0. The van der Waals surface area contributed by atoms with E-state index < -0.39 is 11.5 Å². The van der Waals surface area contributed by atoms with Crippen molar-refractivity contribution in [3.05, 3.63) is 70.8 Å². The number of amides is 2. The summed E-state index contributed by atoms with van der Waals surface area (Å²) in [6.07, 6.45) is 0.505. The SMILES string of the molecule is Cc1ccc(CNC(=O)C2c3ccccc3C(=O)N2CCC(C)(C)C#N)cc1. The fourth-order valence-corrected chi connectivity index (χ4v) is 3.33. The van der Waals surface area contributed by atoms with Gasteiger partial charge in [0.1, 0.15) is 6.04 Å². The molecule has 5 nitrogen and oxygen atoms in total. The summed E-state index contributed by atoms with van der Waals surface area (Å²) in [6, 6.07) is 16.8. The average molecular weight is 375 g/mol. The number of carbonyl (C=O) groups excluding carboxylic acids is 2. The van der Waals surface area contributed by atoms with E-state index in [9.17, 15) is 14.9 Å². The maximum Gasteiger partial charge on any atom is 0.255 e. The second-order valence-electron chi connectivity index (χ2n) is 7.94. The molecule has 0 fully saturated rings. The standard InChI is InChI=1S/C23H25N3O2/c1-16-8-10-17(11-9-16)14-25-21(27)20-18-6-4-5-7-19(18)22(28)26(20)13-12-23(2,3)15-24/h4-11,20H,12-14H2,1-3H3,(H,25,27). The quantitative estimate of drug-likeness (QED) is 0.836. The van der Waals surface area contributed by atoms with Crippen molar-refractivity contribution in [1.82, 2.24) is 10.2 Å². The highest BCUT2D eigenvalue weighted by molar-refractivity contribution is 6.04. The third-order valence-corrected chi connectivity index (χ3v) is 5.17. The van der Waals surface area contributed by atoms with Crippen molar-refractivity contribution in [3.63, 3.8) is 0 Å². The zero-order chi connectivity index (χ0) is 20.3. The van der Waals surface area contributed by atoms with Gasteiger partial charge in [0.15, 0.2) is 0 Å². The Balaban J connectivity index is 1.79. The molecule has 28 heavy (non-hydrogen) atoms. The van der Waals surface area contributed by atoms with Crippen LogP contribution in [0.1, 0.15) is 53.4 Å². The van der Waals surface area contributed by atoms with Gasteiger partial charge < -0.3 is 10.2 Å². The molecule has 2 aromatic carbocycles. The Hall–Kier alpha value is -3.13. The molecule has 0 bridgehead atoms. The number of nitrogens with zero attached hydrogens (tertiary/aromatic N) is 2. The van der Waals surface area contributed by atoms with Crippen molar-refractivity contribution < 1.29 is 9.59 Å². The first-order valence-corrected chi connectivity index (χ1v) is 9.47. The van der Waals surface area contributed by atoms with Crippen molar-refractivity contribution in [2.45, 2.75) is 39.8 Å². The van der Waals surface area contributed by atoms with Crippen LogP contribution >= 0.6 is 0 Å². The van der Waals surface area contributed by atoms with Gasteiger partial charge in [0.2, 0.25) is 5.91 Å². The van der Waals surface area contributed by atoms with Crippen LogP contribution in [-0.2, 0) is 11.3 Å². The van der Waals surface area contributed by atoms with Crippen LogP contribution in [-0.4, -0.2) is 23.3 Å². The Morgan fingerprint density at radius 2 is 1.86 bits per heavy atom. The van der Waals surface area contributed by atoms with Crippen LogP contribution in [0, 0.1) is 23.7 Å². The lowest BCUT2D eigenvalue weighted by Crippen LogP contribution is -2.40. The molecule has 1 unspecified atom stereocenters. The molecule has 2 amide bonds. The van der Waals surface area contributed by atoms with Gasteiger partial charge in [-0.3, -0.25) is 9.59 Å². The minimum absolute atomic E-state index is 0.153. The molecule has 0 aliphatic carbocycles. The van der Waals surface area contributed by atoms with Crippen molar-refractivity contribution >= 4 is 11.8 Å². The van der Waals surface area contributed by atoms with Crippen LogP contribution in [0.2, 0.25) is 0 Å². The van der Waals surface area contributed by atoms with E-state index in [1.54, 1.807) is 17.0 Å². The average Bonchev–Trinajstić information content (AvgIpc) is 2.98. The first kappa shape index (κ1) is 19.6. The summed E-state index contributed by atoms with van der Waals surface area (Å²) in [5, 5.41) is 12.2. The van der Waals surface area contributed by atoms with E-state index >= 15 is 0 Å². The van der Waals surface area contributed by atoms with E-state index in [0.29, 0.717) is 25.1 Å². The van der Waals surface area contributed by atoms with Gasteiger partial charge >= 0.3 is 0 Å². The lowest BCUT2D eigenvalue weighted by molar-refractivity contribution is -0.125. The number of aryl methyl sites for hydroxylation is 1. The zero-order valence-corrected chi connectivity index (χ0v) is 16.5. The Kier molecular flexibility index (Phi) is 5.51. The summed E-state index contributed by atoms with van der Waals surface area (Å²) in [6.45, 7) is 6.46. The summed E-state index contributed by atoms with van der Waals surface area (Å²) in [5.74, 6) is -0.353. The van der Waals surface area contributed by atoms with Gasteiger partial charge in [-0.05, 0) is 44.4 Å². The number of fused-ring (bicyclic) bond motifs is 1. The Morgan fingerprint density at radius 1 is 1.18 bits per heavy atom. The number of nitriles is 1. The van der Waals surface area contributed by atoms with E-state index in [-0.39, 0.29) is 11.8 Å². The van der Waals surface area contributed by atoms with Gasteiger partial charge in [-0.25, -0.2) is 0 Å². The lowest BCUT2D eigenvalue weighted by Gasteiger charge is -2.27. The van der Waals surface area contributed by atoms with Crippen LogP contribution in [0.25, 0.3) is 0 Å². The molecule has 3 rings (SSSR count). The topological polar surface area (TPSA) is 73.2 Å². The molecule has 0 aromatic heterocycles. The van der Waals surface area contributed by atoms with Gasteiger partial charge in [-0.15, -0.1) is 0 Å². The molecule has 0 spiro atoms. The molecule has 0 radical (unpaired) electrons. The van der Waals surface area contributed by atoms with Crippen LogP contribution in [0.3, 0.4) is 0 Å². The fourth-order valence-electron chi connectivity index (χ4n) is 3.33. The normalized spacial score (nSPS) is 15.9. The lowest BCUT2D eigenvalue weighted by atomic mass is 9.91. The molecule has 0 saturated carbocycles. The minimum Gasteiger partial charge on any atom is -0.350 e. The van der Waals surface area contributed by atoms with E-state index in [1.165, 1.54) is 0 Å². The van der Waals surface area contributed by atoms with Crippen molar-refractivity contribution in [2.24, 2.45) is 5.41 Å². The van der Waals surface area contributed by atoms with E-state index in [4.69, 9.17) is 0 Å². The molecule has 2 aromatic rings. The zero-order valence-electron chi connectivity index (χ0n) is 16.5. The monoisotopic (exact) mass is 375 g/mol. The summed E-state index contributed by atoms with van der Waals surface area (Å²) in [5.41, 5.74) is 2.90. The number of hydrogen-bond acceptors (Lipinski definition) is 3. The summed E-state index contributed by atoms with van der Waals surface area (Å²) >= 11 is 0. The van der Waals surface area contributed by atoms with Crippen LogP contribution in [0.5, 0.6) is 0 Å². The molecule has 0 saturated heterocycles. The van der Waals surface area contributed by atoms with Crippen molar-refractivity contribution in [3.8, 4) is 6.07 Å². The van der Waals surface area contributed by atoms with E-state index in [1.807, 2.05) is 57.2 Å². The minimum atomic E-state index is -0.663. The van der Waals surface area contributed by atoms with E-state index in [0.717, 1.165) is 16.7 Å². The summed E-state index contributed by atoms with van der Waals surface area (Å²) < 4.78 is 0. The summed E-state index contributed by atoms with van der Waals surface area (Å²) in [7, 11) is 0. The highest BCUT2D eigenvalue weighted by atomic mass is 16.2. The Morgan fingerprint density at radius 3 is 2.54 bits per heavy atom. The second kappa shape index (κ2) is 7.85. The highest BCUT2D eigenvalue weighted by Gasteiger charge is 2.41. The van der Waals surface area contributed by atoms with Crippen LogP contribution < -0.4 is 5.32 Å². The van der Waals surface area contributed by atoms with Gasteiger partial charge in [0, 0.05) is 18.7 Å². The number of hydrogen-bond donors (Lipinski definition) is 1. The van der Waals surface area contributed by atoms with Gasteiger partial charge in [0.05, 0.1) is 11.5 Å². The third-order valence-electron chi connectivity index (χ3n) is 5.17. The molecule has 1 heterocycles.